The Morgan fingerprint density at radius 1 is 0.338 bits per heavy atom. The highest BCUT2D eigenvalue weighted by molar-refractivity contribution is 5.94. The van der Waals surface area contributed by atoms with Crippen molar-refractivity contribution >= 4 is 22.6 Å². The maximum atomic E-state index is 4.74. The van der Waals surface area contributed by atoms with E-state index in [2.05, 4.69) is 267 Å². The lowest BCUT2D eigenvalue weighted by Crippen LogP contribution is -2.28. The van der Waals surface area contributed by atoms with Crippen LogP contribution in [0.1, 0.15) is 38.9 Å². The van der Waals surface area contributed by atoms with Crippen molar-refractivity contribution in [2.75, 3.05) is 4.90 Å². The van der Waals surface area contributed by atoms with Crippen molar-refractivity contribution in [1.29, 1.82) is 0 Å². The smallest absolute Gasteiger partial charge is 0.0713 e. The van der Waals surface area contributed by atoms with Crippen molar-refractivity contribution in [2.24, 2.45) is 0 Å². The van der Waals surface area contributed by atoms with Gasteiger partial charge in [0.1, 0.15) is 0 Å². The number of fused-ring (bicyclic) bond motifs is 3. The zero-order chi connectivity index (χ0) is 43.7. The molecule has 1 nitrogen and oxygen atoms in total. The second kappa shape index (κ2) is 16.8. The molecule has 0 N–H and O–H groups in total. The van der Waals surface area contributed by atoms with Crippen LogP contribution in [0.2, 0.25) is 0 Å². The van der Waals surface area contributed by atoms with Gasteiger partial charge in [0.2, 0.25) is 0 Å². The molecule has 10 aromatic rings. The number of rotatable bonds is 10. The van der Waals surface area contributed by atoms with Gasteiger partial charge in [-0.3, -0.25) is 0 Å². The molecule has 65 heavy (non-hydrogen) atoms. The number of benzene rings is 10. The summed E-state index contributed by atoms with van der Waals surface area (Å²) in [6.45, 7) is 6.91. The first-order valence-corrected chi connectivity index (χ1v) is 22.4. The number of aryl methyl sites for hydroxylation is 1. The first-order chi connectivity index (χ1) is 32.1. The summed E-state index contributed by atoms with van der Waals surface area (Å²) in [5, 5.41) is 0. The van der Waals surface area contributed by atoms with Gasteiger partial charge in [0.25, 0.3) is 0 Å². The lowest BCUT2D eigenvalue weighted by molar-refractivity contribution is 0.768. The summed E-state index contributed by atoms with van der Waals surface area (Å²) in [6.07, 6.45) is 0. The Labute approximate surface area is 382 Å². The van der Waals surface area contributed by atoms with Crippen LogP contribution in [-0.4, -0.2) is 0 Å². The van der Waals surface area contributed by atoms with Crippen LogP contribution in [0, 0.1) is 6.92 Å². The van der Waals surface area contributed by atoms with E-state index in [0.29, 0.717) is 0 Å². The van der Waals surface area contributed by atoms with Crippen LogP contribution < -0.4 is 4.90 Å². The van der Waals surface area contributed by atoms with Crippen molar-refractivity contribution in [3.63, 3.8) is 0 Å². The van der Waals surface area contributed by atoms with Gasteiger partial charge < -0.3 is 4.90 Å². The molecule has 0 bridgehead atoms. The summed E-state index contributed by atoms with van der Waals surface area (Å²) in [7, 11) is 0. The molecule has 10 aromatic carbocycles. The Kier molecular flexibility index (Phi) is 10.2. The van der Waals surface area contributed by atoms with Crippen LogP contribution in [0.15, 0.2) is 261 Å². The maximum absolute atomic E-state index is 4.74. The van der Waals surface area contributed by atoms with Gasteiger partial charge in [-0.2, -0.15) is 0 Å². The van der Waals surface area contributed by atoms with Gasteiger partial charge in [0, 0.05) is 17.1 Å². The second-order valence-electron chi connectivity index (χ2n) is 16.9. The van der Waals surface area contributed by atoms with Crippen LogP contribution in [0.3, 0.4) is 0 Å². The van der Waals surface area contributed by atoms with Gasteiger partial charge in [-0.1, -0.05) is 225 Å². The summed E-state index contributed by atoms with van der Waals surface area (Å²) >= 11 is 0. The zero-order valence-electron chi connectivity index (χ0n) is 36.4. The molecule has 0 spiro atoms. The summed E-state index contributed by atoms with van der Waals surface area (Å²) in [5.74, 6) is 0. The molecule has 0 atom stereocenters. The molecule has 11 rings (SSSR count). The molecule has 0 aliphatic heterocycles. The first-order valence-electron chi connectivity index (χ1n) is 22.4. The van der Waals surface area contributed by atoms with Gasteiger partial charge in [0.05, 0.1) is 5.41 Å². The molecule has 0 unspecified atom stereocenters. The van der Waals surface area contributed by atoms with Crippen molar-refractivity contribution in [3.05, 3.63) is 300 Å². The fraction of sp³-hybridized carbons (Fsp3) is 0.0312. The van der Waals surface area contributed by atoms with Gasteiger partial charge in [-0.05, 0) is 132 Å². The monoisotopic (exact) mass is 829 g/mol. The third kappa shape index (κ3) is 6.90. The fourth-order valence-electron chi connectivity index (χ4n) is 10.2. The lowest BCUT2D eigenvalue weighted by Gasteiger charge is -2.34. The topological polar surface area (TPSA) is 3.24 Å². The third-order valence-electron chi connectivity index (χ3n) is 13.3. The molecule has 1 aliphatic carbocycles. The molecule has 0 saturated heterocycles. The molecule has 1 heteroatoms. The highest BCUT2D eigenvalue weighted by atomic mass is 15.1. The quantitative estimate of drug-likeness (QED) is 0.133. The maximum Gasteiger partial charge on any atom is 0.0713 e. The van der Waals surface area contributed by atoms with E-state index in [1.54, 1.807) is 0 Å². The van der Waals surface area contributed by atoms with Gasteiger partial charge in [-0.15, -0.1) is 0 Å². The van der Waals surface area contributed by atoms with E-state index < -0.39 is 5.41 Å². The van der Waals surface area contributed by atoms with E-state index in [0.717, 1.165) is 44.9 Å². The minimum Gasteiger partial charge on any atom is -0.310 e. The van der Waals surface area contributed by atoms with Crippen LogP contribution in [0.4, 0.5) is 17.1 Å². The first kappa shape index (κ1) is 39.6. The summed E-state index contributed by atoms with van der Waals surface area (Å²) < 4.78 is 0. The van der Waals surface area contributed by atoms with E-state index in [1.165, 1.54) is 61.2 Å². The van der Waals surface area contributed by atoms with Crippen molar-refractivity contribution in [3.8, 4) is 44.5 Å². The second-order valence-corrected chi connectivity index (χ2v) is 16.9. The van der Waals surface area contributed by atoms with Crippen molar-refractivity contribution in [2.45, 2.75) is 12.3 Å². The highest BCUT2D eigenvalue weighted by Gasteiger charge is 2.46. The lowest BCUT2D eigenvalue weighted by atomic mass is 9.68. The van der Waals surface area contributed by atoms with E-state index in [1.807, 2.05) is 0 Å². The van der Waals surface area contributed by atoms with E-state index in [4.69, 9.17) is 6.58 Å². The summed E-state index contributed by atoms with van der Waals surface area (Å²) in [6, 6.07) is 92.6. The van der Waals surface area contributed by atoms with Crippen LogP contribution in [0.25, 0.3) is 50.1 Å². The summed E-state index contributed by atoms with van der Waals surface area (Å²) in [5.41, 5.74) is 22.0. The Bertz CT molecular complexity index is 3270. The molecule has 0 fully saturated rings. The molecule has 0 radical (unpaired) electrons. The standard InChI is InChI=1S/C64H47N/c1-45-20-12-13-27-55(45)59-31-17-15-29-57(59)46(2)56-28-14-16-30-58(56)49-36-40-53(41-37-49)65(52-38-34-48(35-39-52)47-21-6-3-7-22-47)54-42-43-63-61(44-54)60-32-18-19-33-62(60)64(63,50-23-8-4-9-24-50)51-25-10-5-11-26-51/h3-44H,2H2,1H3. The average molecular weight is 830 g/mol. The minimum absolute atomic E-state index is 0.464. The predicted octanol–water partition coefficient (Wildman–Crippen LogP) is 16.9. The van der Waals surface area contributed by atoms with E-state index >= 15 is 0 Å². The molecule has 0 amide bonds. The Morgan fingerprint density at radius 3 is 1.38 bits per heavy atom. The molecular weight excluding hydrogens is 783 g/mol. The van der Waals surface area contributed by atoms with Crippen molar-refractivity contribution in [1.82, 2.24) is 0 Å². The zero-order valence-corrected chi connectivity index (χ0v) is 36.4. The number of hydrogen-bond acceptors (Lipinski definition) is 1. The average Bonchev–Trinajstić information content (AvgIpc) is 3.68. The SMILES string of the molecule is C=C(c1ccccc1-c1ccc(N(c2ccc(-c3ccccc3)cc2)c2ccc3c(c2)-c2ccccc2C3(c2ccccc2)c2ccccc2)cc1)c1ccccc1-c1ccccc1C. The van der Waals surface area contributed by atoms with Crippen LogP contribution in [0.5, 0.6) is 0 Å². The van der Waals surface area contributed by atoms with Crippen molar-refractivity contribution < 1.29 is 0 Å². The molecule has 308 valence electrons. The normalized spacial score (nSPS) is 12.3. The van der Waals surface area contributed by atoms with Gasteiger partial charge in [0.15, 0.2) is 0 Å². The molecule has 0 saturated carbocycles. The van der Waals surface area contributed by atoms with Crippen LogP contribution in [-0.2, 0) is 5.41 Å². The molecule has 1 aliphatic rings. The fourth-order valence-corrected chi connectivity index (χ4v) is 10.2. The predicted molar refractivity (Wildman–Crippen MR) is 274 cm³/mol. The number of hydrogen-bond donors (Lipinski definition) is 0. The highest BCUT2D eigenvalue weighted by Crippen LogP contribution is 2.57. The number of nitrogens with zero attached hydrogens (tertiary/aromatic N) is 1. The largest absolute Gasteiger partial charge is 0.310 e. The molecule has 0 aromatic heterocycles. The molecular formula is C64H47N. The Balaban J connectivity index is 1.04. The Morgan fingerprint density at radius 2 is 0.769 bits per heavy atom. The van der Waals surface area contributed by atoms with Gasteiger partial charge in [-0.25, -0.2) is 0 Å². The number of anilines is 3. The van der Waals surface area contributed by atoms with E-state index in [-0.39, 0.29) is 0 Å². The Hall–Kier alpha value is -8.26. The van der Waals surface area contributed by atoms with E-state index in [9.17, 15) is 0 Å². The molecule has 0 heterocycles. The third-order valence-corrected chi connectivity index (χ3v) is 13.3. The minimum atomic E-state index is -0.464. The van der Waals surface area contributed by atoms with Crippen LogP contribution >= 0.6 is 0 Å². The van der Waals surface area contributed by atoms with Gasteiger partial charge >= 0.3 is 0 Å². The summed E-state index contributed by atoms with van der Waals surface area (Å²) in [4.78, 5) is 2.40.